The van der Waals surface area contributed by atoms with E-state index in [9.17, 15) is 91.1 Å². The molecule has 0 aliphatic carbocycles. The van der Waals surface area contributed by atoms with Crippen molar-refractivity contribution in [3.8, 4) is 0 Å². The van der Waals surface area contributed by atoms with E-state index in [1.165, 1.54) is 0 Å². The average Bonchev–Trinajstić information content (AvgIpc) is 0.848. The number of unbranched alkanes of at least 4 members (excludes halogenated alkanes) is 9. The zero-order valence-corrected chi connectivity index (χ0v) is 87.3. The largest absolute Gasteiger partial charge is 0.370 e. The van der Waals surface area contributed by atoms with Crippen molar-refractivity contribution < 1.29 is 91.1 Å². The maximum atomic E-state index is 15.0. The molecule has 0 fully saturated rings. The van der Waals surface area contributed by atoms with Crippen molar-refractivity contribution in [1.29, 1.82) is 0 Å². The first-order chi connectivity index (χ1) is 67.6. The lowest BCUT2D eigenvalue weighted by Gasteiger charge is -2.29. The summed E-state index contributed by atoms with van der Waals surface area (Å²) in [4.78, 5) is 268. The molecule has 0 radical (unpaired) electrons. The molecule has 0 spiro atoms. The van der Waals surface area contributed by atoms with Crippen molar-refractivity contribution in [3.63, 3.8) is 0 Å². The fourth-order valence-electron chi connectivity index (χ4n) is 15.6. The van der Waals surface area contributed by atoms with E-state index in [-0.39, 0.29) is 196 Å². The second-order valence-corrected chi connectivity index (χ2v) is 39.7. The summed E-state index contributed by atoms with van der Waals surface area (Å²) in [7, 11) is 0. The van der Waals surface area contributed by atoms with E-state index in [1.807, 2.05) is 27.7 Å². The zero-order valence-electron chi connectivity index (χ0n) is 87.3. The van der Waals surface area contributed by atoms with Crippen LogP contribution in [-0.4, -0.2) is 262 Å². The number of carbonyl (C=O) groups is 19. The predicted octanol–water partition coefficient (Wildman–Crippen LogP) is -3.41. The highest BCUT2D eigenvalue weighted by atomic mass is 16.2. The molecule has 0 aliphatic heterocycles. The summed E-state index contributed by atoms with van der Waals surface area (Å²) in [5.74, 6) is -11.1. The number of primary amides is 2. The van der Waals surface area contributed by atoms with Gasteiger partial charge in [0.25, 0.3) is 0 Å². The van der Waals surface area contributed by atoms with Gasteiger partial charge in [-0.25, -0.2) is 5.84 Å². The molecule has 0 aromatic rings. The van der Waals surface area contributed by atoms with E-state index < -0.39 is 229 Å². The van der Waals surface area contributed by atoms with Gasteiger partial charge in [-0.2, -0.15) is 0 Å². The van der Waals surface area contributed by atoms with Crippen molar-refractivity contribution in [1.82, 2.24) is 90.5 Å². The molecular formula is C96H184N28O19. The van der Waals surface area contributed by atoms with Gasteiger partial charge in [0.2, 0.25) is 112 Å². The van der Waals surface area contributed by atoms with Gasteiger partial charge in [0.1, 0.15) is 84.6 Å². The van der Waals surface area contributed by atoms with E-state index >= 15 is 0 Å². The van der Waals surface area contributed by atoms with Crippen LogP contribution in [-0.2, 0) is 91.1 Å². The predicted molar refractivity (Wildman–Crippen MR) is 546 cm³/mol. The third-order valence-electron chi connectivity index (χ3n) is 23.4. The lowest BCUT2D eigenvalue weighted by molar-refractivity contribution is -0.137. The molecule has 822 valence electrons. The lowest BCUT2D eigenvalue weighted by atomic mass is 9.98. The van der Waals surface area contributed by atoms with E-state index in [1.54, 1.807) is 55.4 Å². The third-order valence-corrected chi connectivity index (χ3v) is 23.4. The highest BCUT2D eigenvalue weighted by molar-refractivity contribution is 6.01. The number of amides is 19. The van der Waals surface area contributed by atoms with Crippen LogP contribution in [0.4, 0.5) is 0 Å². The van der Waals surface area contributed by atoms with E-state index in [2.05, 4.69) is 90.5 Å². The molecule has 0 saturated heterocycles. The first kappa shape index (κ1) is 133. The van der Waals surface area contributed by atoms with Crippen LogP contribution < -0.4 is 154 Å². The van der Waals surface area contributed by atoms with Gasteiger partial charge in [-0.05, 0) is 280 Å². The minimum atomic E-state index is -1.64. The summed E-state index contributed by atoms with van der Waals surface area (Å²) in [5, 5.41) is 43.5. The fourth-order valence-corrected chi connectivity index (χ4v) is 15.6. The number of hydrogen-bond donors (Lipinski definition) is 28. The topological polar surface area (TPSA) is 815 Å². The van der Waals surface area contributed by atoms with E-state index in [4.69, 9.17) is 63.2 Å². The molecule has 47 nitrogen and oxygen atoms in total. The van der Waals surface area contributed by atoms with Gasteiger partial charge in [0.05, 0.1) is 12.6 Å². The molecule has 47 heteroatoms. The molecule has 0 heterocycles. The maximum Gasteiger partial charge on any atom is 0.243 e. The molecule has 15 atom stereocenters. The van der Waals surface area contributed by atoms with E-state index in [0.717, 1.165) is 0 Å². The Bertz CT molecular complexity index is 3850. The summed E-state index contributed by atoms with van der Waals surface area (Å²) < 4.78 is 0. The Morgan fingerprint density at radius 1 is 0.203 bits per heavy atom. The Kier molecular flexibility index (Phi) is 71.5. The SMILES string of the molecule is CC(C)C[C@H](NC(=O)[C@H](CCCCN)NC(=O)[C@H](CCC(N)=O)NC(=O)[C@H](CC(C)C)NC(=O)[C@H](CCCCN)NC(=O)[C@H](CCCCN)NC(=O)[C@H](CCC(N)=O)NC(=O)[C@H](CC(C)C)NC(=O)[C@H](CCCCN)NC(=O)[C@H](CC(C)C)NC(=O)[C@H](CC(C)C)NC(=O)[C@H](CCCCN)NC(=O)[C@H](CCCCN)NC(=O)[C@@H](N)CC(C)C)C(=O)N[C@@H](CCCCN)C(=O)NCC(=O)NCCCCCC(=O)NN. The van der Waals surface area contributed by atoms with Gasteiger partial charge in [-0.1, -0.05) is 89.5 Å². The molecule has 19 amide bonds. The number of nitrogens with two attached hydrogens (primary N) is 11. The Balaban J connectivity index is 7.54. The summed E-state index contributed by atoms with van der Waals surface area (Å²) in [5.41, 5.74) is 60.6. The Morgan fingerprint density at radius 3 is 0.601 bits per heavy atom. The van der Waals surface area contributed by atoms with Crippen molar-refractivity contribution in [2.75, 3.05) is 58.9 Å². The van der Waals surface area contributed by atoms with Gasteiger partial charge in [-0.3, -0.25) is 96.5 Å². The molecule has 0 bridgehead atoms. The van der Waals surface area contributed by atoms with Gasteiger partial charge in [0.15, 0.2) is 0 Å². The number of hydrazine groups is 1. The van der Waals surface area contributed by atoms with Crippen LogP contribution in [0, 0.1) is 35.5 Å². The molecule has 0 aliphatic rings. The average molecular weight is 2030 g/mol. The van der Waals surface area contributed by atoms with Crippen LogP contribution in [0.2, 0.25) is 0 Å². The number of carbonyl (C=O) groups excluding carboxylic acids is 19. The van der Waals surface area contributed by atoms with Crippen molar-refractivity contribution >= 4 is 112 Å². The van der Waals surface area contributed by atoms with Gasteiger partial charge >= 0.3 is 0 Å². The monoisotopic (exact) mass is 2030 g/mol. The Morgan fingerprint density at radius 2 is 0.399 bits per heavy atom. The van der Waals surface area contributed by atoms with Crippen LogP contribution in [0.15, 0.2) is 0 Å². The van der Waals surface area contributed by atoms with Gasteiger partial charge in [0, 0.05) is 25.8 Å². The van der Waals surface area contributed by atoms with Crippen LogP contribution in [0.1, 0.15) is 308 Å². The van der Waals surface area contributed by atoms with Crippen molar-refractivity contribution in [3.05, 3.63) is 0 Å². The number of hydrogen-bond acceptors (Lipinski definition) is 28. The van der Waals surface area contributed by atoms with Gasteiger partial charge in [-0.15, -0.1) is 0 Å². The van der Waals surface area contributed by atoms with Crippen molar-refractivity contribution in [2.24, 2.45) is 98.7 Å². The van der Waals surface area contributed by atoms with E-state index in [0.29, 0.717) is 96.4 Å². The second-order valence-electron chi connectivity index (χ2n) is 39.7. The lowest BCUT2D eigenvalue weighted by Crippen LogP contribution is -2.61. The minimum absolute atomic E-state index is 0.0256. The summed E-state index contributed by atoms with van der Waals surface area (Å²) in [6.45, 7) is 23.0. The number of nitrogens with one attached hydrogen (secondary N) is 17. The van der Waals surface area contributed by atoms with Crippen molar-refractivity contribution in [2.45, 2.75) is 398 Å². The first-order valence-corrected chi connectivity index (χ1v) is 51.7. The fraction of sp³-hybridized carbons (Fsp3) is 0.802. The standard InChI is InChI=1S/C96H184N28O19/c1-57(2)50-63(104)82(129)110-65(31-16-23-43-98)84(131)112-67(33-18-25-45-100)87(134)122-77(55-62(11)12)96(143)123-76(54-61(9)10)93(140)116-70(36-21-28-48-103)89(136)121-75(53-60(7)8)95(142)117-71(38-40-78(105)125)90(137)114-66(32-17-24-44-99)85(132)113-68(34-19-26-46-101)86(133)120-74(52-59(5)6)94(141)118-72(39-41-79(106)126)91(138)115-69(35-20-27-47-102)88(135)119-73(51-58(3)4)92(139)111-64(30-15-22-42-97)83(130)109-56-81(128)108-49-29-13-14-37-80(127)124-107/h57-77H,13-56,97-104,107H2,1-12H3,(H2,105,125)(H2,106,126)(H,108,128)(H,109,130)(H,110,129)(H,111,139)(H,112,131)(H,113,132)(H,114,137)(H,115,138)(H,116,140)(H,117,142)(H,118,141)(H,119,135)(H,120,133)(H,121,136)(H,122,134)(H,123,143)(H,124,127)/t63-,64-,65-,66-,67-,68-,69-,70-,71-,72-,73-,74-,75-,76-,77-/m0/s1. The number of rotatable bonds is 83. The smallest absolute Gasteiger partial charge is 0.243 e. The van der Waals surface area contributed by atoms with Crippen LogP contribution >= 0.6 is 0 Å². The molecule has 143 heavy (non-hydrogen) atoms. The Hall–Kier alpha value is -10.4. The van der Waals surface area contributed by atoms with Gasteiger partial charge < -0.3 is 142 Å². The van der Waals surface area contributed by atoms with Crippen LogP contribution in [0.5, 0.6) is 0 Å². The summed E-state index contributed by atoms with van der Waals surface area (Å²) in [6.07, 6.45) is 5.70. The normalized spacial score (nSPS) is 14.6. The first-order valence-electron chi connectivity index (χ1n) is 51.7. The maximum absolute atomic E-state index is 15.0. The summed E-state index contributed by atoms with van der Waals surface area (Å²) in [6, 6.07) is -20.3. The Labute approximate surface area is 846 Å². The highest BCUT2D eigenvalue weighted by Crippen LogP contribution is 2.19. The third kappa shape index (κ3) is 60.8. The molecule has 0 rings (SSSR count). The van der Waals surface area contributed by atoms with Crippen LogP contribution in [0.3, 0.4) is 0 Å². The molecular weight excluding hydrogens is 1850 g/mol. The summed E-state index contributed by atoms with van der Waals surface area (Å²) >= 11 is 0. The molecule has 0 saturated carbocycles. The minimum Gasteiger partial charge on any atom is -0.370 e. The molecule has 0 aromatic heterocycles. The molecule has 0 unspecified atom stereocenters. The van der Waals surface area contributed by atoms with Crippen LogP contribution in [0.25, 0.3) is 0 Å². The molecule has 39 N–H and O–H groups in total. The zero-order chi connectivity index (χ0) is 108. The second kappa shape index (κ2) is 77.1. The molecule has 0 aromatic carbocycles. The quantitative estimate of drug-likeness (QED) is 0.0122. The highest BCUT2D eigenvalue weighted by Gasteiger charge is 2.40.